The van der Waals surface area contributed by atoms with E-state index in [2.05, 4.69) is 26.5 Å². The molecule has 0 aliphatic rings. The minimum Gasteiger partial charge on any atom is -0.308 e. The number of hydrogen-bond acceptors (Lipinski definition) is 1. The molecule has 0 heterocycles. The minimum atomic E-state index is -3.02. The van der Waals surface area contributed by atoms with Gasteiger partial charge in [0.2, 0.25) is 0 Å². The Labute approximate surface area is 162 Å². The van der Waals surface area contributed by atoms with Crippen LogP contribution in [0.25, 0.3) is 6.08 Å². The molecule has 0 spiro atoms. The second-order valence-electron chi connectivity index (χ2n) is 7.58. The molecule has 1 nitrogen and oxygen atoms in total. The van der Waals surface area contributed by atoms with Gasteiger partial charge in [-0.2, -0.15) is 0 Å². The fourth-order valence-corrected chi connectivity index (χ4v) is 6.35. The molecule has 3 aromatic carbocycles. The summed E-state index contributed by atoms with van der Waals surface area (Å²) in [5.41, 5.74) is 4.19. The fourth-order valence-electron chi connectivity index (χ4n) is 3.16. The molecule has 3 aromatic rings. The monoisotopic (exact) mass is 372 g/mol. The Bertz CT molecular complexity index is 947. The Kier molecular flexibility index (Phi) is 5.66. The van der Waals surface area contributed by atoms with Crippen LogP contribution in [0.3, 0.4) is 0 Å². The van der Waals surface area contributed by atoms with Crippen molar-refractivity contribution in [2.45, 2.75) is 20.8 Å². The maximum Gasteiger partial charge on any atom is 0.175 e. The lowest BCUT2D eigenvalue weighted by Crippen LogP contribution is -2.23. The maximum atomic E-state index is 14.7. The van der Waals surface area contributed by atoms with Crippen LogP contribution in [0, 0.1) is 5.41 Å². The van der Waals surface area contributed by atoms with Gasteiger partial charge in [0.05, 0.1) is 0 Å². The van der Waals surface area contributed by atoms with Crippen molar-refractivity contribution < 1.29 is 4.57 Å². The summed E-state index contributed by atoms with van der Waals surface area (Å²) >= 11 is 0. The molecule has 0 atom stereocenters. The summed E-state index contributed by atoms with van der Waals surface area (Å²) < 4.78 is 14.7. The van der Waals surface area contributed by atoms with Gasteiger partial charge in [-0.15, -0.1) is 5.73 Å². The lowest BCUT2D eigenvalue weighted by atomic mass is 9.96. The third-order valence-corrected chi connectivity index (χ3v) is 7.92. The molecule has 0 fully saturated rings. The average molecular weight is 372 g/mol. The van der Waals surface area contributed by atoms with Crippen molar-refractivity contribution in [2.75, 3.05) is 0 Å². The van der Waals surface area contributed by atoms with Crippen LogP contribution >= 0.6 is 7.14 Å². The van der Waals surface area contributed by atoms with E-state index in [1.54, 1.807) is 0 Å². The molecule has 0 radical (unpaired) electrons. The molecule has 0 saturated heterocycles. The summed E-state index contributed by atoms with van der Waals surface area (Å²) in [5, 5.41) is 2.52. The highest BCUT2D eigenvalue weighted by Crippen LogP contribution is 2.57. The summed E-state index contributed by atoms with van der Waals surface area (Å²) in [5.74, 6) is 0. The predicted molar refractivity (Wildman–Crippen MR) is 117 cm³/mol. The van der Waals surface area contributed by atoms with Crippen LogP contribution in [-0.2, 0) is 4.57 Å². The zero-order valence-electron chi connectivity index (χ0n) is 16.1. The lowest BCUT2D eigenvalue weighted by molar-refractivity contribution is 0.518. The van der Waals surface area contributed by atoms with E-state index >= 15 is 0 Å². The van der Waals surface area contributed by atoms with Gasteiger partial charge >= 0.3 is 0 Å². The molecule has 0 N–H and O–H groups in total. The van der Waals surface area contributed by atoms with E-state index in [1.165, 1.54) is 0 Å². The first-order valence-electron chi connectivity index (χ1n) is 9.16. The fraction of sp³-hybridized carbons (Fsp3) is 0.160. The SMILES string of the molecule is CC(C)(C)C(=C=Cc1ccccc1)P(=O)(c1ccccc1)c1ccccc1. The van der Waals surface area contributed by atoms with E-state index in [1.807, 2.05) is 97.1 Å². The summed E-state index contributed by atoms with van der Waals surface area (Å²) in [6, 6.07) is 29.6. The van der Waals surface area contributed by atoms with Gasteiger partial charge in [0.25, 0.3) is 0 Å². The normalized spacial score (nSPS) is 11.5. The van der Waals surface area contributed by atoms with Crippen LogP contribution in [0.5, 0.6) is 0 Å². The zero-order valence-corrected chi connectivity index (χ0v) is 17.0. The summed E-state index contributed by atoms with van der Waals surface area (Å²) in [6.07, 6.45) is 1.94. The standard InChI is InChI=1S/C25H25OP/c1-25(2,3)24(20-19-21-13-7-4-8-14-21)27(26,22-15-9-5-10-16-22)23-17-11-6-12-18-23/h4-19H,1-3H3. The van der Waals surface area contributed by atoms with Gasteiger partial charge in [-0.3, -0.25) is 0 Å². The van der Waals surface area contributed by atoms with Crippen molar-refractivity contribution >= 4 is 23.8 Å². The maximum absolute atomic E-state index is 14.7. The van der Waals surface area contributed by atoms with Crippen molar-refractivity contribution in [3.05, 3.63) is 108 Å². The molecule has 0 aliphatic carbocycles. The third-order valence-electron chi connectivity index (χ3n) is 4.44. The van der Waals surface area contributed by atoms with Gasteiger partial charge in [-0.25, -0.2) is 0 Å². The van der Waals surface area contributed by atoms with Gasteiger partial charge in [-0.1, -0.05) is 112 Å². The largest absolute Gasteiger partial charge is 0.308 e. The Morgan fingerprint density at radius 3 is 1.56 bits per heavy atom. The van der Waals surface area contributed by atoms with Crippen molar-refractivity contribution in [2.24, 2.45) is 5.41 Å². The number of hydrogen-bond donors (Lipinski definition) is 0. The molecule has 0 aliphatic heterocycles. The van der Waals surface area contributed by atoms with E-state index in [9.17, 15) is 4.57 Å². The third kappa shape index (κ3) is 4.22. The molecule has 3 rings (SSSR count). The van der Waals surface area contributed by atoms with E-state index in [0.29, 0.717) is 0 Å². The Hall–Kier alpha value is -2.59. The van der Waals surface area contributed by atoms with E-state index < -0.39 is 7.14 Å². The van der Waals surface area contributed by atoms with E-state index in [0.717, 1.165) is 21.5 Å². The molecule has 27 heavy (non-hydrogen) atoms. The predicted octanol–water partition coefficient (Wildman–Crippen LogP) is 6.24. The molecule has 0 unspecified atom stereocenters. The van der Waals surface area contributed by atoms with Gasteiger partial charge in [0.1, 0.15) is 0 Å². The summed E-state index contributed by atoms with van der Waals surface area (Å²) in [6.45, 7) is 6.31. The highest BCUT2D eigenvalue weighted by Gasteiger charge is 2.38. The van der Waals surface area contributed by atoms with E-state index in [-0.39, 0.29) is 5.41 Å². The van der Waals surface area contributed by atoms with Crippen molar-refractivity contribution in [1.82, 2.24) is 0 Å². The van der Waals surface area contributed by atoms with Crippen LogP contribution in [-0.4, -0.2) is 0 Å². The van der Waals surface area contributed by atoms with Crippen LogP contribution in [0.2, 0.25) is 0 Å². The van der Waals surface area contributed by atoms with Crippen molar-refractivity contribution in [1.29, 1.82) is 0 Å². The molecule has 0 amide bonds. The van der Waals surface area contributed by atoms with Gasteiger partial charge in [0.15, 0.2) is 7.14 Å². The number of rotatable bonds is 4. The molecular weight excluding hydrogens is 347 g/mol. The number of benzene rings is 3. The topological polar surface area (TPSA) is 17.1 Å². The quantitative estimate of drug-likeness (QED) is 0.391. The minimum absolute atomic E-state index is 0.299. The average Bonchev–Trinajstić information content (AvgIpc) is 2.69. The van der Waals surface area contributed by atoms with Gasteiger partial charge < -0.3 is 4.57 Å². The smallest absolute Gasteiger partial charge is 0.175 e. The first-order chi connectivity index (χ1) is 12.9. The van der Waals surface area contributed by atoms with Crippen molar-refractivity contribution in [3.63, 3.8) is 0 Å². The second-order valence-corrected chi connectivity index (χ2v) is 10.3. The summed E-state index contributed by atoms with van der Waals surface area (Å²) in [7, 11) is -3.02. The highest BCUT2D eigenvalue weighted by molar-refractivity contribution is 7.82. The van der Waals surface area contributed by atoms with Crippen LogP contribution in [0.1, 0.15) is 26.3 Å². The molecule has 2 heteroatoms. The highest BCUT2D eigenvalue weighted by atomic mass is 31.2. The first-order valence-corrected chi connectivity index (χ1v) is 10.9. The zero-order chi connectivity index (χ0) is 19.3. The molecular formula is C25H25OP. The molecule has 0 aromatic heterocycles. The molecule has 0 saturated carbocycles. The van der Waals surface area contributed by atoms with Crippen LogP contribution in [0.15, 0.2) is 102 Å². The Balaban J connectivity index is 2.31. The van der Waals surface area contributed by atoms with Crippen molar-refractivity contribution in [3.8, 4) is 0 Å². The first kappa shape index (κ1) is 19.2. The van der Waals surface area contributed by atoms with E-state index in [4.69, 9.17) is 0 Å². The van der Waals surface area contributed by atoms with Gasteiger partial charge in [-0.05, 0) is 17.1 Å². The lowest BCUT2D eigenvalue weighted by Gasteiger charge is -2.30. The van der Waals surface area contributed by atoms with Gasteiger partial charge in [0, 0.05) is 15.9 Å². The van der Waals surface area contributed by atoms with Crippen LogP contribution < -0.4 is 10.6 Å². The van der Waals surface area contributed by atoms with Crippen LogP contribution in [0.4, 0.5) is 0 Å². The molecule has 136 valence electrons. The summed E-state index contributed by atoms with van der Waals surface area (Å²) in [4.78, 5) is 0. The second kappa shape index (κ2) is 7.97. The molecule has 0 bridgehead atoms. The Morgan fingerprint density at radius 1 is 0.741 bits per heavy atom. The Morgan fingerprint density at radius 2 is 1.15 bits per heavy atom. The number of allylic oxidation sites excluding steroid dienone is 1.